The lowest BCUT2D eigenvalue weighted by atomic mass is 9.83. The maximum Gasteiger partial charge on any atom is 0.220 e. The number of carbonyl (C=O) groups is 1. The van der Waals surface area contributed by atoms with E-state index in [1.165, 1.54) is 25.7 Å². The molecule has 0 heterocycles. The first-order chi connectivity index (χ1) is 9.55. The third-order valence-electron chi connectivity index (χ3n) is 4.52. The predicted molar refractivity (Wildman–Crippen MR) is 85.4 cm³/mol. The van der Waals surface area contributed by atoms with E-state index in [1.54, 1.807) is 0 Å². The van der Waals surface area contributed by atoms with Gasteiger partial charge in [0.15, 0.2) is 0 Å². The molecule has 0 aromatic carbocycles. The van der Waals surface area contributed by atoms with Crippen molar-refractivity contribution < 1.29 is 4.79 Å². The van der Waals surface area contributed by atoms with Gasteiger partial charge in [-0.1, -0.05) is 33.6 Å². The number of hydrogen-bond donors (Lipinski definition) is 2. The second kappa shape index (κ2) is 9.38. The molecule has 0 aliphatic heterocycles. The summed E-state index contributed by atoms with van der Waals surface area (Å²) in [5.74, 6) is 2.05. The molecule has 1 aliphatic rings. The Hall–Kier alpha value is -0.570. The molecular weight excluding hydrogens is 248 g/mol. The van der Waals surface area contributed by atoms with Crippen LogP contribution in [0.4, 0.5) is 0 Å². The maximum atomic E-state index is 12.1. The molecule has 0 bridgehead atoms. The summed E-state index contributed by atoms with van der Waals surface area (Å²) in [6.07, 6.45) is 9.17. The molecule has 1 atom stereocenters. The van der Waals surface area contributed by atoms with Crippen molar-refractivity contribution in [1.82, 2.24) is 5.32 Å². The van der Waals surface area contributed by atoms with Crippen LogP contribution in [0, 0.1) is 17.8 Å². The molecule has 0 unspecified atom stereocenters. The van der Waals surface area contributed by atoms with E-state index in [1.807, 2.05) is 0 Å². The van der Waals surface area contributed by atoms with Gasteiger partial charge in [-0.2, -0.15) is 0 Å². The number of hydrogen-bond acceptors (Lipinski definition) is 2. The van der Waals surface area contributed by atoms with E-state index in [-0.39, 0.29) is 5.91 Å². The Morgan fingerprint density at radius 2 is 1.90 bits per heavy atom. The van der Waals surface area contributed by atoms with Crippen LogP contribution in [0.3, 0.4) is 0 Å². The van der Waals surface area contributed by atoms with E-state index in [2.05, 4.69) is 26.1 Å². The highest BCUT2D eigenvalue weighted by Crippen LogP contribution is 2.27. The van der Waals surface area contributed by atoms with Gasteiger partial charge in [0.1, 0.15) is 0 Å². The lowest BCUT2D eigenvalue weighted by Gasteiger charge is -2.29. The molecule has 1 aliphatic carbocycles. The molecule has 3 N–H and O–H groups in total. The molecule has 1 amide bonds. The van der Waals surface area contributed by atoms with Gasteiger partial charge in [0.05, 0.1) is 0 Å². The lowest BCUT2D eigenvalue weighted by molar-refractivity contribution is -0.123. The van der Waals surface area contributed by atoms with Crippen LogP contribution in [0.2, 0.25) is 0 Å². The van der Waals surface area contributed by atoms with E-state index in [9.17, 15) is 4.79 Å². The minimum absolute atomic E-state index is 0.208. The fourth-order valence-corrected chi connectivity index (χ4v) is 3.48. The van der Waals surface area contributed by atoms with Gasteiger partial charge in [-0.15, -0.1) is 0 Å². The summed E-state index contributed by atoms with van der Waals surface area (Å²) >= 11 is 0. The Balaban J connectivity index is 2.25. The monoisotopic (exact) mass is 282 g/mol. The average Bonchev–Trinajstić information content (AvgIpc) is 2.40. The van der Waals surface area contributed by atoms with Crippen LogP contribution in [0.15, 0.2) is 0 Å². The summed E-state index contributed by atoms with van der Waals surface area (Å²) in [5.41, 5.74) is 5.77. The van der Waals surface area contributed by atoms with Crippen LogP contribution in [-0.4, -0.2) is 18.5 Å². The highest BCUT2D eigenvalue weighted by atomic mass is 16.1. The van der Waals surface area contributed by atoms with Crippen molar-refractivity contribution in [2.24, 2.45) is 23.5 Å². The highest BCUT2D eigenvalue weighted by Gasteiger charge is 2.22. The Morgan fingerprint density at radius 3 is 2.40 bits per heavy atom. The van der Waals surface area contributed by atoms with Crippen LogP contribution in [0.25, 0.3) is 0 Å². The first-order valence-electron chi connectivity index (χ1n) is 8.54. The van der Waals surface area contributed by atoms with Crippen LogP contribution >= 0.6 is 0 Å². The zero-order chi connectivity index (χ0) is 15.0. The summed E-state index contributed by atoms with van der Waals surface area (Å²) in [5, 5.41) is 3.23. The molecule has 1 fully saturated rings. The Labute approximate surface area is 125 Å². The van der Waals surface area contributed by atoms with Gasteiger partial charge in [-0.3, -0.25) is 4.79 Å². The SMILES string of the molecule is CCCC1CCC(NC(=O)C[C@@H](CN)CC(C)C)CC1. The summed E-state index contributed by atoms with van der Waals surface area (Å²) < 4.78 is 0. The molecule has 0 aromatic heterocycles. The van der Waals surface area contributed by atoms with Crippen molar-refractivity contribution in [3.8, 4) is 0 Å². The zero-order valence-electron chi connectivity index (χ0n) is 13.7. The van der Waals surface area contributed by atoms with E-state index in [0.717, 1.165) is 25.2 Å². The Kier molecular flexibility index (Phi) is 8.20. The van der Waals surface area contributed by atoms with Crippen LogP contribution in [0.1, 0.15) is 72.1 Å². The number of nitrogens with one attached hydrogen (secondary N) is 1. The molecule has 0 saturated heterocycles. The first kappa shape index (κ1) is 17.5. The van der Waals surface area contributed by atoms with Crippen molar-refractivity contribution in [2.75, 3.05) is 6.54 Å². The third kappa shape index (κ3) is 6.74. The summed E-state index contributed by atoms with van der Waals surface area (Å²) in [4.78, 5) is 12.1. The smallest absolute Gasteiger partial charge is 0.220 e. The normalized spacial score (nSPS) is 24.6. The predicted octanol–water partition coefficient (Wildman–Crippen LogP) is 3.47. The lowest BCUT2D eigenvalue weighted by Crippen LogP contribution is -2.39. The van der Waals surface area contributed by atoms with E-state index in [0.29, 0.717) is 30.8 Å². The standard InChI is InChI=1S/C17H34N2O/c1-4-5-14-6-8-16(9-7-14)19-17(20)11-15(12-18)10-13(2)3/h13-16H,4-12,18H2,1-3H3,(H,19,20)/t14?,15-,16?/m0/s1. The minimum atomic E-state index is 0.208. The second-order valence-corrected chi connectivity index (χ2v) is 7.01. The molecule has 0 spiro atoms. The molecule has 118 valence electrons. The molecule has 1 saturated carbocycles. The largest absolute Gasteiger partial charge is 0.353 e. The van der Waals surface area contributed by atoms with Crippen LogP contribution in [0.5, 0.6) is 0 Å². The average molecular weight is 282 g/mol. The molecule has 20 heavy (non-hydrogen) atoms. The van der Waals surface area contributed by atoms with Crippen molar-refractivity contribution in [3.63, 3.8) is 0 Å². The molecule has 3 nitrogen and oxygen atoms in total. The second-order valence-electron chi connectivity index (χ2n) is 7.01. The topological polar surface area (TPSA) is 55.1 Å². The fraction of sp³-hybridized carbons (Fsp3) is 0.941. The van der Waals surface area contributed by atoms with Crippen LogP contribution < -0.4 is 11.1 Å². The number of amides is 1. The fourth-order valence-electron chi connectivity index (χ4n) is 3.48. The van der Waals surface area contributed by atoms with Crippen molar-refractivity contribution in [1.29, 1.82) is 0 Å². The summed E-state index contributed by atoms with van der Waals surface area (Å²) in [6, 6.07) is 0.410. The number of nitrogens with two attached hydrogens (primary N) is 1. The quantitative estimate of drug-likeness (QED) is 0.716. The van der Waals surface area contributed by atoms with Gasteiger partial charge < -0.3 is 11.1 Å². The van der Waals surface area contributed by atoms with Gasteiger partial charge in [-0.05, 0) is 56.4 Å². The highest BCUT2D eigenvalue weighted by molar-refractivity contribution is 5.76. The van der Waals surface area contributed by atoms with Gasteiger partial charge in [0.25, 0.3) is 0 Å². The summed E-state index contributed by atoms with van der Waals surface area (Å²) in [6.45, 7) is 7.26. The molecule has 3 heteroatoms. The zero-order valence-corrected chi connectivity index (χ0v) is 13.7. The summed E-state index contributed by atoms with van der Waals surface area (Å²) in [7, 11) is 0. The third-order valence-corrected chi connectivity index (χ3v) is 4.52. The first-order valence-corrected chi connectivity index (χ1v) is 8.54. The van der Waals surface area contributed by atoms with Gasteiger partial charge in [-0.25, -0.2) is 0 Å². The molecule has 0 aromatic rings. The maximum absolute atomic E-state index is 12.1. The molecule has 1 rings (SSSR count). The minimum Gasteiger partial charge on any atom is -0.353 e. The van der Waals surface area contributed by atoms with Crippen LogP contribution in [-0.2, 0) is 4.79 Å². The van der Waals surface area contributed by atoms with E-state index >= 15 is 0 Å². The number of rotatable bonds is 8. The molecular formula is C17H34N2O. The van der Waals surface area contributed by atoms with E-state index in [4.69, 9.17) is 5.73 Å². The van der Waals surface area contributed by atoms with Crippen molar-refractivity contribution >= 4 is 5.91 Å². The molecule has 0 radical (unpaired) electrons. The van der Waals surface area contributed by atoms with Gasteiger partial charge in [0, 0.05) is 12.5 Å². The van der Waals surface area contributed by atoms with Crippen molar-refractivity contribution in [2.45, 2.75) is 78.2 Å². The van der Waals surface area contributed by atoms with Gasteiger partial charge >= 0.3 is 0 Å². The number of carbonyl (C=O) groups excluding carboxylic acids is 1. The van der Waals surface area contributed by atoms with E-state index < -0.39 is 0 Å². The Morgan fingerprint density at radius 1 is 1.25 bits per heavy atom. The van der Waals surface area contributed by atoms with Gasteiger partial charge in [0.2, 0.25) is 5.91 Å². The Bertz CT molecular complexity index is 270. The van der Waals surface area contributed by atoms with Crippen molar-refractivity contribution in [3.05, 3.63) is 0 Å².